The van der Waals surface area contributed by atoms with Crippen molar-refractivity contribution in [2.24, 2.45) is 67.2 Å². The van der Waals surface area contributed by atoms with Crippen LogP contribution in [0.4, 0.5) is 0 Å². The van der Waals surface area contributed by atoms with Gasteiger partial charge in [0.2, 0.25) is 23.9 Å². The van der Waals surface area contributed by atoms with Crippen molar-refractivity contribution in [3.05, 3.63) is 11.6 Å². The van der Waals surface area contributed by atoms with Crippen LogP contribution in [0.3, 0.4) is 0 Å². The molecule has 17 N–H and O–H groups in total. The molecule has 29 heteroatoms. The standard InChI is InChI=1S/C70H117N3O26/c1-12-33(3)40(72-49(81)25-37(77)23-42(34(4)13-2)99-70(90)32-93-44(29-75)59(70)88)22-36(76)24-50(82)73-51-43(28-74)95-62(58(53(51)84)97-61-56(87)54(85)57(35(5)94-61)96-60-55(86)52(83)41(78)30-92-60)98-63(89)69-21-20-64(6,7)26-39(69)38-14-15-46-65(8)18-17-47(79)66(9,31-71-91)45(65)16-19-67(46,10)68(38,11)27-48(69)80/h14,31,33-37,39-48,51-62,74-80,83-88,90-91H,12-13,15-30,32H2,1-11H3,(H,72,81)(H,73,82)/b71-31+/t33-,34-,35?,36-,37-,39?,40-,41+,42-,43-,44-,45+,46?,47-,48?,51?,52?,53?,54?,55?,56?,57-,58?,59?,60-,61-,62-,65?,66+,67?,68+,69+,70?/m0/s1. The molecule has 99 heavy (non-hydrogen) atoms. The second kappa shape index (κ2) is 31.1. The molecule has 0 spiro atoms. The van der Waals surface area contributed by atoms with Crippen LogP contribution in [0.15, 0.2) is 16.8 Å². The number of ether oxygens (including phenoxy) is 8. The first-order valence-corrected chi connectivity index (χ1v) is 36.0. The second-order valence-electron chi connectivity index (χ2n) is 32.6. The highest BCUT2D eigenvalue weighted by Gasteiger charge is 2.72. The van der Waals surface area contributed by atoms with Crippen LogP contribution in [0.1, 0.15) is 172 Å². The first-order valence-electron chi connectivity index (χ1n) is 36.0. The number of esters is 1. The van der Waals surface area contributed by atoms with Crippen LogP contribution in [-0.2, 0) is 52.3 Å². The van der Waals surface area contributed by atoms with Gasteiger partial charge < -0.3 is 125 Å². The van der Waals surface area contributed by atoms with E-state index in [-0.39, 0.29) is 60.2 Å². The third-order valence-corrected chi connectivity index (χ3v) is 26.0. The van der Waals surface area contributed by atoms with Gasteiger partial charge in [-0.1, -0.05) is 93.7 Å². The summed E-state index contributed by atoms with van der Waals surface area (Å²) in [4.78, 5) is 43.8. The molecule has 0 aromatic rings. The van der Waals surface area contributed by atoms with Gasteiger partial charge in [-0.25, -0.2) is 0 Å². The Balaban J connectivity index is 0.947. The SMILES string of the molecule is CC[C@H](C)[C@H](C[C@H](O)CC(=O)NC1C(O)C(O[C@@H]2OC(C)[C@H](O[C@@H]3OC[C@@H](O)C(O)C3O)C(O)C2O)[C@H](OC(=O)[C@]23CCC(C)(C)CC2C2=CCC4C5(C)CC[C@H](O)[C@](C)(/C=N/O)[C@@H]5CCC4(C)[C@]2(C)CC3O)O[C@H]1CO)NC(=O)C[C@@H](O)C[C@H](OC1(O)CO[C@@H](CO)C1O)[C@@H](C)CC. The van der Waals surface area contributed by atoms with E-state index in [9.17, 15) is 86.3 Å². The minimum absolute atomic E-state index is 0.0282. The molecular formula is C70H117N3O26. The number of nitrogens with one attached hydrogen (secondary N) is 2. The summed E-state index contributed by atoms with van der Waals surface area (Å²) in [7, 11) is 0. The minimum Gasteiger partial charge on any atom is -0.432 e. The number of carbonyl (C=O) groups excluding carboxylic acids is 3. The number of nitrogens with zero attached hydrogens (tertiary/aromatic N) is 1. The summed E-state index contributed by atoms with van der Waals surface area (Å²) in [6.07, 6.45) is -23.0. The fourth-order valence-corrected chi connectivity index (χ4v) is 19.2. The third kappa shape index (κ3) is 15.2. The molecule has 0 aromatic heterocycles. The third-order valence-electron chi connectivity index (χ3n) is 26.0. The topological polar surface area (TPSA) is 465 Å². The van der Waals surface area contributed by atoms with Crippen molar-refractivity contribution in [2.75, 3.05) is 26.4 Å². The highest BCUT2D eigenvalue weighted by Crippen LogP contribution is 2.76. The second-order valence-corrected chi connectivity index (χ2v) is 32.6. The van der Waals surface area contributed by atoms with Gasteiger partial charge in [0.05, 0.1) is 81.5 Å². The van der Waals surface area contributed by atoms with E-state index in [0.29, 0.717) is 51.4 Å². The maximum Gasteiger partial charge on any atom is 0.317 e. The molecule has 33 atom stereocenters. The summed E-state index contributed by atoms with van der Waals surface area (Å²) in [6, 6.07) is -2.38. The van der Waals surface area contributed by atoms with Gasteiger partial charge >= 0.3 is 5.97 Å². The van der Waals surface area contributed by atoms with Gasteiger partial charge in [-0.3, -0.25) is 14.4 Å². The van der Waals surface area contributed by atoms with E-state index in [1.807, 2.05) is 34.6 Å². The number of aliphatic hydroxyl groups excluding tert-OH is 13. The zero-order valence-electron chi connectivity index (χ0n) is 59.3. The van der Waals surface area contributed by atoms with E-state index < -0.39 is 225 Å². The molecule has 15 unspecified atom stereocenters. The van der Waals surface area contributed by atoms with Crippen molar-refractivity contribution in [2.45, 2.75) is 313 Å². The Kier molecular flexibility index (Phi) is 25.1. The Hall–Kier alpha value is -3.22. The lowest BCUT2D eigenvalue weighted by atomic mass is 9.33. The lowest BCUT2D eigenvalue weighted by Gasteiger charge is -2.71. The summed E-state index contributed by atoms with van der Waals surface area (Å²) in [5.41, 5.74) is -3.15. The summed E-state index contributed by atoms with van der Waals surface area (Å²) in [5.74, 6) is -5.69. The Morgan fingerprint density at radius 3 is 2.01 bits per heavy atom. The van der Waals surface area contributed by atoms with Crippen molar-refractivity contribution in [3.8, 4) is 0 Å². The lowest BCUT2D eigenvalue weighted by Crippen LogP contribution is -2.69. The molecule has 9 rings (SSSR count). The summed E-state index contributed by atoms with van der Waals surface area (Å²) in [5, 5.41) is 176. The minimum atomic E-state index is -2.18. The van der Waals surface area contributed by atoms with Crippen LogP contribution in [0.5, 0.6) is 0 Å². The number of aliphatic hydroxyl groups is 14. The maximum absolute atomic E-state index is 15.9. The highest BCUT2D eigenvalue weighted by atomic mass is 16.8. The number of oxime groups is 1. The van der Waals surface area contributed by atoms with Crippen molar-refractivity contribution < 1.29 is 129 Å². The molecule has 9 aliphatic rings. The largest absolute Gasteiger partial charge is 0.432 e. The van der Waals surface area contributed by atoms with Gasteiger partial charge in [-0.05, 0) is 122 Å². The Morgan fingerprint density at radius 1 is 0.717 bits per heavy atom. The number of hydrogen-bond donors (Lipinski definition) is 17. The Bertz CT molecular complexity index is 2830. The van der Waals surface area contributed by atoms with Gasteiger partial charge in [0.15, 0.2) is 18.7 Å². The fraction of sp³-hybridized carbons (Fsp3) is 0.914. The zero-order chi connectivity index (χ0) is 73.0. The van der Waals surface area contributed by atoms with Crippen LogP contribution in [0.2, 0.25) is 0 Å². The molecule has 8 fully saturated rings. The van der Waals surface area contributed by atoms with Crippen molar-refractivity contribution in [3.63, 3.8) is 0 Å². The molecule has 2 amide bonds. The van der Waals surface area contributed by atoms with E-state index in [0.717, 1.165) is 12.0 Å². The molecule has 5 aliphatic carbocycles. The summed E-state index contributed by atoms with van der Waals surface area (Å²) >= 11 is 0. The molecular weight excluding hydrogens is 1300 g/mol. The fourth-order valence-electron chi connectivity index (χ4n) is 19.2. The average molecular weight is 1420 g/mol. The van der Waals surface area contributed by atoms with Crippen molar-refractivity contribution in [1.82, 2.24) is 10.6 Å². The molecule has 4 aliphatic heterocycles. The van der Waals surface area contributed by atoms with Crippen LogP contribution in [0, 0.1) is 62.1 Å². The van der Waals surface area contributed by atoms with E-state index in [4.69, 9.17) is 37.9 Å². The maximum atomic E-state index is 15.9. The number of allylic oxidation sites excluding steroid dienone is 2. The number of hydrogen-bond acceptors (Lipinski definition) is 27. The smallest absolute Gasteiger partial charge is 0.317 e. The molecule has 0 radical (unpaired) electrons. The molecule has 4 saturated heterocycles. The molecule has 4 saturated carbocycles. The van der Waals surface area contributed by atoms with Crippen molar-refractivity contribution in [1.29, 1.82) is 0 Å². The van der Waals surface area contributed by atoms with Crippen LogP contribution >= 0.6 is 0 Å². The van der Waals surface area contributed by atoms with Crippen LogP contribution in [-0.4, -0.2) is 268 Å². The van der Waals surface area contributed by atoms with Gasteiger partial charge in [0.1, 0.15) is 73.1 Å². The van der Waals surface area contributed by atoms with Gasteiger partial charge in [0, 0.05) is 17.9 Å². The average Bonchev–Trinajstić information content (AvgIpc) is 1.05. The summed E-state index contributed by atoms with van der Waals surface area (Å²) < 4.78 is 47.9. The Morgan fingerprint density at radius 2 is 1.36 bits per heavy atom. The normalized spacial score (nSPS) is 46.2. The van der Waals surface area contributed by atoms with Crippen LogP contribution in [0.25, 0.3) is 0 Å². The molecule has 29 nitrogen and oxygen atoms in total. The molecule has 0 bridgehead atoms. The Labute approximate surface area is 579 Å². The van der Waals surface area contributed by atoms with Crippen molar-refractivity contribution >= 4 is 24.0 Å². The summed E-state index contributed by atoms with van der Waals surface area (Å²) in [6.45, 7) is 19.3. The predicted molar refractivity (Wildman–Crippen MR) is 349 cm³/mol. The first-order chi connectivity index (χ1) is 46.4. The van der Waals surface area contributed by atoms with E-state index >= 15 is 4.79 Å². The number of carbonyl (C=O) groups is 3. The first kappa shape index (κ1) is 79.9. The van der Waals surface area contributed by atoms with Gasteiger partial charge in [0.25, 0.3) is 0 Å². The van der Waals surface area contributed by atoms with Crippen LogP contribution < -0.4 is 10.6 Å². The van der Waals surface area contributed by atoms with E-state index in [1.165, 1.54) is 13.1 Å². The quantitative estimate of drug-likeness (QED) is 0.0143. The van der Waals surface area contributed by atoms with E-state index in [1.54, 1.807) is 0 Å². The van der Waals surface area contributed by atoms with Gasteiger partial charge in [-0.15, -0.1) is 5.16 Å². The van der Waals surface area contributed by atoms with E-state index in [2.05, 4.69) is 56.5 Å². The number of amides is 2. The molecule has 568 valence electrons. The highest BCUT2D eigenvalue weighted by molar-refractivity contribution is 5.80. The molecule has 4 heterocycles. The lowest BCUT2D eigenvalue weighted by molar-refractivity contribution is -0.370. The number of rotatable bonds is 25. The molecule has 0 aromatic carbocycles. The predicted octanol–water partition coefficient (Wildman–Crippen LogP) is 0.0270. The monoisotopic (exact) mass is 1420 g/mol. The van der Waals surface area contributed by atoms with Gasteiger partial charge in [-0.2, -0.15) is 0 Å². The number of fused-ring (bicyclic) bond motifs is 7. The zero-order valence-corrected chi connectivity index (χ0v) is 59.3.